The van der Waals surface area contributed by atoms with Crippen molar-refractivity contribution in [1.29, 1.82) is 0 Å². The van der Waals surface area contributed by atoms with Gasteiger partial charge < -0.3 is 10.2 Å². The van der Waals surface area contributed by atoms with Crippen LogP contribution in [-0.2, 0) is 0 Å². The minimum Gasteiger partial charge on any atom is -0.396 e. The number of aliphatic hydroxyl groups excluding tert-OH is 2. The standard InChI is InChI=1S/C6H13O2/c1-6(2,5-8)3-4-7/h3,7-8H,4-5H2,1-2H3. The van der Waals surface area contributed by atoms with Gasteiger partial charge in [-0.25, -0.2) is 0 Å². The third kappa shape index (κ3) is 2.99. The molecule has 0 heterocycles. The topological polar surface area (TPSA) is 40.5 Å². The van der Waals surface area contributed by atoms with Crippen LogP contribution in [0.4, 0.5) is 0 Å². The molecule has 0 aliphatic rings. The monoisotopic (exact) mass is 117 g/mol. The predicted molar refractivity (Wildman–Crippen MR) is 32.3 cm³/mol. The van der Waals surface area contributed by atoms with Crippen LogP contribution in [0.1, 0.15) is 13.8 Å². The Kier molecular flexibility index (Phi) is 3.02. The van der Waals surface area contributed by atoms with Crippen molar-refractivity contribution in [1.82, 2.24) is 0 Å². The lowest BCUT2D eigenvalue weighted by Gasteiger charge is -2.18. The summed E-state index contributed by atoms with van der Waals surface area (Å²) in [5, 5.41) is 16.9. The second-order valence-electron chi connectivity index (χ2n) is 2.53. The van der Waals surface area contributed by atoms with E-state index in [2.05, 4.69) is 0 Å². The van der Waals surface area contributed by atoms with Gasteiger partial charge in [-0.3, -0.25) is 0 Å². The number of rotatable bonds is 3. The van der Waals surface area contributed by atoms with Crippen LogP contribution in [0.5, 0.6) is 0 Å². The van der Waals surface area contributed by atoms with Gasteiger partial charge in [0.1, 0.15) is 0 Å². The van der Waals surface area contributed by atoms with Gasteiger partial charge in [0.25, 0.3) is 0 Å². The average molecular weight is 117 g/mol. The normalized spacial score (nSPS) is 12.0. The number of hydrogen-bond acceptors (Lipinski definition) is 2. The Hall–Kier alpha value is -0.0800. The Labute approximate surface area is 50.2 Å². The van der Waals surface area contributed by atoms with Crippen LogP contribution >= 0.6 is 0 Å². The molecule has 2 heteroatoms. The van der Waals surface area contributed by atoms with Gasteiger partial charge in [-0.2, -0.15) is 0 Å². The summed E-state index contributed by atoms with van der Waals surface area (Å²) in [6, 6.07) is 0. The predicted octanol–water partition coefficient (Wildman–Crippen LogP) is 0.201. The van der Waals surface area contributed by atoms with Crippen molar-refractivity contribution in [2.24, 2.45) is 5.41 Å². The van der Waals surface area contributed by atoms with E-state index in [1.54, 1.807) is 6.42 Å². The molecule has 8 heavy (non-hydrogen) atoms. The molecule has 0 aliphatic carbocycles. The van der Waals surface area contributed by atoms with Crippen molar-refractivity contribution in [2.75, 3.05) is 13.2 Å². The smallest absolute Gasteiger partial charge is 0.0485 e. The van der Waals surface area contributed by atoms with Gasteiger partial charge in [0, 0.05) is 13.2 Å². The molecule has 49 valence electrons. The highest BCUT2D eigenvalue weighted by atomic mass is 16.3. The zero-order valence-electron chi connectivity index (χ0n) is 5.39. The third-order valence-electron chi connectivity index (χ3n) is 1.05. The maximum absolute atomic E-state index is 8.58. The highest BCUT2D eigenvalue weighted by molar-refractivity contribution is 4.82. The zero-order valence-corrected chi connectivity index (χ0v) is 5.39. The van der Waals surface area contributed by atoms with E-state index in [0.29, 0.717) is 0 Å². The van der Waals surface area contributed by atoms with Gasteiger partial charge in [-0.05, 0) is 11.8 Å². The fourth-order valence-corrected chi connectivity index (χ4v) is 0.312. The lowest BCUT2D eigenvalue weighted by molar-refractivity contribution is 0.168. The molecule has 0 spiro atoms. The van der Waals surface area contributed by atoms with Crippen molar-refractivity contribution in [3.05, 3.63) is 6.42 Å². The molecule has 0 aliphatic heterocycles. The summed E-state index contributed by atoms with van der Waals surface area (Å²) in [6.45, 7) is 3.85. The van der Waals surface area contributed by atoms with Crippen molar-refractivity contribution >= 4 is 0 Å². The van der Waals surface area contributed by atoms with E-state index in [9.17, 15) is 0 Å². The number of aliphatic hydroxyl groups is 2. The first-order valence-corrected chi connectivity index (χ1v) is 2.68. The summed E-state index contributed by atoms with van der Waals surface area (Å²) < 4.78 is 0. The molecular formula is C6H13O2. The van der Waals surface area contributed by atoms with Crippen LogP contribution in [0.3, 0.4) is 0 Å². The van der Waals surface area contributed by atoms with Gasteiger partial charge in [0.05, 0.1) is 0 Å². The van der Waals surface area contributed by atoms with Crippen LogP contribution in [0.15, 0.2) is 0 Å². The lowest BCUT2D eigenvalue weighted by atomic mass is 9.91. The SMILES string of the molecule is CC(C)([CH]CO)CO. The quantitative estimate of drug-likeness (QED) is 0.554. The number of hydrogen-bond donors (Lipinski definition) is 2. The van der Waals surface area contributed by atoms with Gasteiger partial charge in [-0.1, -0.05) is 13.8 Å². The Bertz CT molecular complexity index is 59.5. The molecule has 0 atom stereocenters. The van der Waals surface area contributed by atoms with Crippen LogP contribution in [0.2, 0.25) is 0 Å². The molecule has 0 rings (SSSR count). The summed E-state index contributed by atoms with van der Waals surface area (Å²) >= 11 is 0. The summed E-state index contributed by atoms with van der Waals surface area (Å²) in [4.78, 5) is 0. The van der Waals surface area contributed by atoms with E-state index in [4.69, 9.17) is 10.2 Å². The zero-order chi connectivity index (χ0) is 6.62. The molecule has 0 saturated carbocycles. The molecule has 0 saturated heterocycles. The molecular weight excluding hydrogens is 104 g/mol. The Balaban J connectivity index is 3.37. The molecule has 1 radical (unpaired) electrons. The maximum atomic E-state index is 8.58. The van der Waals surface area contributed by atoms with E-state index < -0.39 is 0 Å². The van der Waals surface area contributed by atoms with Crippen LogP contribution in [0.25, 0.3) is 0 Å². The van der Waals surface area contributed by atoms with Crippen molar-refractivity contribution < 1.29 is 10.2 Å². The van der Waals surface area contributed by atoms with Crippen LogP contribution in [-0.4, -0.2) is 23.4 Å². The Morgan fingerprint density at radius 3 is 2.00 bits per heavy atom. The minimum atomic E-state index is -0.227. The molecule has 0 aromatic rings. The second kappa shape index (κ2) is 3.05. The summed E-state index contributed by atoms with van der Waals surface area (Å²) in [7, 11) is 0. The van der Waals surface area contributed by atoms with Crippen molar-refractivity contribution in [3.8, 4) is 0 Å². The van der Waals surface area contributed by atoms with Gasteiger partial charge >= 0.3 is 0 Å². The molecule has 2 nitrogen and oxygen atoms in total. The molecule has 0 unspecified atom stereocenters. The van der Waals surface area contributed by atoms with E-state index in [-0.39, 0.29) is 18.6 Å². The molecule has 2 N–H and O–H groups in total. The summed E-state index contributed by atoms with van der Waals surface area (Å²) in [6.07, 6.45) is 1.67. The van der Waals surface area contributed by atoms with Crippen molar-refractivity contribution in [3.63, 3.8) is 0 Å². The molecule has 0 fully saturated rings. The largest absolute Gasteiger partial charge is 0.396 e. The maximum Gasteiger partial charge on any atom is 0.0485 e. The first kappa shape index (κ1) is 7.92. The summed E-state index contributed by atoms with van der Waals surface area (Å²) in [5.74, 6) is 0. The van der Waals surface area contributed by atoms with E-state index in [1.165, 1.54) is 0 Å². The molecule has 0 aromatic carbocycles. The van der Waals surface area contributed by atoms with Crippen LogP contribution < -0.4 is 0 Å². The summed E-state index contributed by atoms with van der Waals surface area (Å²) in [5.41, 5.74) is -0.227. The molecule has 0 bridgehead atoms. The van der Waals surface area contributed by atoms with Gasteiger partial charge in [0.2, 0.25) is 0 Å². The van der Waals surface area contributed by atoms with E-state index in [0.717, 1.165) is 0 Å². The first-order chi connectivity index (χ1) is 3.62. The van der Waals surface area contributed by atoms with E-state index >= 15 is 0 Å². The van der Waals surface area contributed by atoms with Crippen molar-refractivity contribution in [2.45, 2.75) is 13.8 Å². The Morgan fingerprint density at radius 1 is 1.38 bits per heavy atom. The highest BCUT2D eigenvalue weighted by Gasteiger charge is 2.14. The second-order valence-corrected chi connectivity index (χ2v) is 2.53. The highest BCUT2D eigenvalue weighted by Crippen LogP contribution is 2.16. The lowest BCUT2D eigenvalue weighted by Crippen LogP contribution is -2.18. The molecule has 0 aromatic heterocycles. The van der Waals surface area contributed by atoms with Crippen LogP contribution in [0, 0.1) is 11.8 Å². The fourth-order valence-electron chi connectivity index (χ4n) is 0.312. The third-order valence-corrected chi connectivity index (χ3v) is 1.05. The van der Waals surface area contributed by atoms with Gasteiger partial charge in [-0.15, -0.1) is 0 Å². The minimum absolute atomic E-state index is 0.0353. The fraction of sp³-hybridized carbons (Fsp3) is 0.833. The average Bonchev–Trinajstić information content (AvgIpc) is 1.67. The Morgan fingerprint density at radius 2 is 1.88 bits per heavy atom. The first-order valence-electron chi connectivity index (χ1n) is 2.68. The molecule has 0 amide bonds. The van der Waals surface area contributed by atoms with E-state index in [1.807, 2.05) is 13.8 Å². The van der Waals surface area contributed by atoms with Gasteiger partial charge in [0.15, 0.2) is 0 Å².